The third-order valence-electron chi connectivity index (χ3n) is 4.03. The number of hydrogen-bond donors (Lipinski definition) is 1. The molecule has 0 unspecified atom stereocenters. The molecule has 118 valence electrons. The van der Waals surface area contributed by atoms with Gasteiger partial charge in [-0.2, -0.15) is 0 Å². The Bertz CT molecular complexity index is 462. The molecule has 0 bridgehead atoms. The second-order valence-electron chi connectivity index (χ2n) is 7.01. The number of aromatic nitrogens is 1. The summed E-state index contributed by atoms with van der Waals surface area (Å²) in [6.07, 6.45) is 4.22. The Morgan fingerprint density at radius 3 is 2.62 bits per heavy atom. The third kappa shape index (κ3) is 4.68. The van der Waals surface area contributed by atoms with Gasteiger partial charge in [0.2, 0.25) is 0 Å². The van der Waals surface area contributed by atoms with E-state index in [4.69, 9.17) is 4.74 Å². The Kier molecular flexibility index (Phi) is 5.22. The molecule has 0 aliphatic carbocycles. The summed E-state index contributed by atoms with van der Waals surface area (Å²) >= 11 is 0. The summed E-state index contributed by atoms with van der Waals surface area (Å²) < 4.78 is 5.48. The summed E-state index contributed by atoms with van der Waals surface area (Å²) in [7, 11) is 2.20. The van der Waals surface area contributed by atoms with Crippen LogP contribution in [0.3, 0.4) is 0 Å². The smallest absolute Gasteiger partial charge is 0.0485 e. The molecule has 1 aliphatic rings. The number of nitrogens with one attached hydrogen (secondary N) is 1. The normalized spacial score (nSPS) is 17.0. The van der Waals surface area contributed by atoms with Crippen molar-refractivity contribution >= 4 is 5.69 Å². The van der Waals surface area contributed by atoms with Gasteiger partial charge in [0.1, 0.15) is 0 Å². The molecule has 0 saturated carbocycles. The van der Waals surface area contributed by atoms with Crippen molar-refractivity contribution in [3.8, 4) is 0 Å². The van der Waals surface area contributed by atoms with Gasteiger partial charge in [-0.25, -0.2) is 0 Å². The van der Waals surface area contributed by atoms with E-state index < -0.39 is 0 Å². The number of rotatable bonds is 4. The van der Waals surface area contributed by atoms with E-state index in [1.54, 1.807) is 0 Å². The van der Waals surface area contributed by atoms with E-state index in [0.29, 0.717) is 6.04 Å². The summed E-state index contributed by atoms with van der Waals surface area (Å²) in [5.74, 6) is 0. The molecule has 4 nitrogen and oxygen atoms in total. The molecule has 2 heterocycles. The molecule has 2 rings (SSSR count). The molecule has 1 saturated heterocycles. The topological polar surface area (TPSA) is 37.4 Å². The van der Waals surface area contributed by atoms with E-state index in [1.165, 1.54) is 11.3 Å². The van der Waals surface area contributed by atoms with Gasteiger partial charge in [0.25, 0.3) is 0 Å². The molecule has 1 aromatic heterocycles. The SMILES string of the molecule is Cc1cc(N(C)C2CCOCC2)c(CNC(C)(C)C)cn1. The van der Waals surface area contributed by atoms with Crippen molar-refractivity contribution in [1.29, 1.82) is 0 Å². The zero-order valence-corrected chi connectivity index (χ0v) is 14.1. The van der Waals surface area contributed by atoms with E-state index in [0.717, 1.165) is 38.3 Å². The van der Waals surface area contributed by atoms with Crippen molar-refractivity contribution in [1.82, 2.24) is 10.3 Å². The Labute approximate surface area is 128 Å². The fraction of sp³-hybridized carbons (Fsp3) is 0.706. The van der Waals surface area contributed by atoms with Gasteiger partial charge >= 0.3 is 0 Å². The minimum absolute atomic E-state index is 0.111. The van der Waals surface area contributed by atoms with Crippen LogP contribution in [0.15, 0.2) is 12.3 Å². The Hall–Kier alpha value is -1.13. The first-order valence-corrected chi connectivity index (χ1v) is 7.88. The Morgan fingerprint density at radius 2 is 2.00 bits per heavy atom. The monoisotopic (exact) mass is 291 g/mol. The fourth-order valence-electron chi connectivity index (χ4n) is 2.67. The second-order valence-corrected chi connectivity index (χ2v) is 7.01. The van der Waals surface area contributed by atoms with Crippen molar-refractivity contribution in [2.24, 2.45) is 0 Å². The van der Waals surface area contributed by atoms with E-state index in [-0.39, 0.29) is 5.54 Å². The van der Waals surface area contributed by atoms with Gasteiger partial charge < -0.3 is 15.0 Å². The number of aryl methyl sites for hydroxylation is 1. The lowest BCUT2D eigenvalue weighted by molar-refractivity contribution is 0.0854. The number of hydrogen-bond acceptors (Lipinski definition) is 4. The lowest BCUT2D eigenvalue weighted by atomic mass is 10.0. The van der Waals surface area contributed by atoms with Crippen LogP contribution in [0.1, 0.15) is 44.9 Å². The van der Waals surface area contributed by atoms with Crippen molar-refractivity contribution in [2.75, 3.05) is 25.2 Å². The Morgan fingerprint density at radius 1 is 1.33 bits per heavy atom. The maximum absolute atomic E-state index is 5.48. The first kappa shape index (κ1) is 16.2. The molecular formula is C17H29N3O. The molecule has 1 fully saturated rings. The molecule has 1 aromatic rings. The van der Waals surface area contributed by atoms with Gasteiger partial charge in [0.05, 0.1) is 0 Å². The van der Waals surface area contributed by atoms with Crippen LogP contribution in [0.4, 0.5) is 5.69 Å². The van der Waals surface area contributed by atoms with E-state index >= 15 is 0 Å². The van der Waals surface area contributed by atoms with Crippen LogP contribution in [0, 0.1) is 6.92 Å². The maximum Gasteiger partial charge on any atom is 0.0485 e. The molecular weight excluding hydrogens is 262 g/mol. The molecule has 0 spiro atoms. The van der Waals surface area contributed by atoms with Gasteiger partial charge in [0, 0.05) is 61.5 Å². The first-order chi connectivity index (χ1) is 9.87. The van der Waals surface area contributed by atoms with Crippen LogP contribution in [-0.4, -0.2) is 36.8 Å². The van der Waals surface area contributed by atoms with Crippen LogP contribution >= 0.6 is 0 Å². The predicted molar refractivity (Wildman–Crippen MR) is 87.8 cm³/mol. The van der Waals surface area contributed by atoms with Crippen LogP contribution in [-0.2, 0) is 11.3 Å². The summed E-state index contributed by atoms with van der Waals surface area (Å²) in [5, 5.41) is 3.56. The zero-order chi connectivity index (χ0) is 15.5. The minimum atomic E-state index is 0.111. The number of nitrogens with zero attached hydrogens (tertiary/aromatic N) is 2. The molecule has 0 aromatic carbocycles. The molecule has 1 N–H and O–H groups in total. The number of ether oxygens (including phenoxy) is 1. The lowest BCUT2D eigenvalue weighted by Gasteiger charge is -2.34. The largest absolute Gasteiger partial charge is 0.381 e. The summed E-state index contributed by atoms with van der Waals surface area (Å²) in [6, 6.07) is 2.77. The summed E-state index contributed by atoms with van der Waals surface area (Å²) in [4.78, 5) is 6.89. The van der Waals surface area contributed by atoms with E-state index in [9.17, 15) is 0 Å². The van der Waals surface area contributed by atoms with E-state index in [1.807, 2.05) is 6.20 Å². The highest BCUT2D eigenvalue weighted by molar-refractivity contribution is 5.54. The second kappa shape index (κ2) is 6.75. The fourth-order valence-corrected chi connectivity index (χ4v) is 2.67. The summed E-state index contributed by atoms with van der Waals surface area (Å²) in [5.41, 5.74) is 3.75. The van der Waals surface area contributed by atoms with E-state index in [2.05, 4.69) is 56.0 Å². The predicted octanol–water partition coefficient (Wildman–Crippen LogP) is 2.89. The average molecular weight is 291 g/mol. The average Bonchev–Trinajstić information content (AvgIpc) is 2.45. The molecule has 21 heavy (non-hydrogen) atoms. The van der Waals surface area contributed by atoms with Gasteiger partial charge in [-0.1, -0.05) is 0 Å². The highest BCUT2D eigenvalue weighted by Crippen LogP contribution is 2.25. The minimum Gasteiger partial charge on any atom is -0.381 e. The molecule has 0 atom stereocenters. The van der Waals surface area contributed by atoms with Crippen LogP contribution in [0.25, 0.3) is 0 Å². The summed E-state index contributed by atoms with van der Waals surface area (Å²) in [6.45, 7) is 11.2. The van der Waals surface area contributed by atoms with Crippen molar-refractivity contribution in [3.63, 3.8) is 0 Å². The maximum atomic E-state index is 5.48. The first-order valence-electron chi connectivity index (χ1n) is 7.88. The van der Waals surface area contributed by atoms with Crippen molar-refractivity contribution < 1.29 is 4.74 Å². The molecule has 0 radical (unpaired) electrons. The number of pyridine rings is 1. The van der Waals surface area contributed by atoms with Gasteiger partial charge in [0.15, 0.2) is 0 Å². The molecule has 4 heteroatoms. The highest BCUT2D eigenvalue weighted by Gasteiger charge is 2.21. The third-order valence-corrected chi connectivity index (χ3v) is 4.03. The highest BCUT2D eigenvalue weighted by atomic mass is 16.5. The number of anilines is 1. The zero-order valence-electron chi connectivity index (χ0n) is 14.1. The lowest BCUT2D eigenvalue weighted by Crippen LogP contribution is -2.39. The van der Waals surface area contributed by atoms with Crippen molar-refractivity contribution in [3.05, 3.63) is 23.5 Å². The standard InChI is InChI=1S/C17H29N3O/c1-13-10-16(20(5)15-6-8-21-9-7-15)14(11-18-13)12-19-17(2,3)4/h10-11,15,19H,6-9,12H2,1-5H3. The molecule has 0 amide bonds. The molecule has 1 aliphatic heterocycles. The van der Waals surface area contributed by atoms with Crippen LogP contribution in [0.5, 0.6) is 0 Å². The van der Waals surface area contributed by atoms with Gasteiger partial charge in [-0.3, -0.25) is 4.98 Å². The van der Waals surface area contributed by atoms with Crippen molar-refractivity contribution in [2.45, 2.75) is 58.7 Å². The van der Waals surface area contributed by atoms with Crippen LogP contribution in [0.2, 0.25) is 0 Å². The van der Waals surface area contributed by atoms with Gasteiger partial charge in [-0.05, 0) is 46.6 Å². The quantitative estimate of drug-likeness (QED) is 0.925. The van der Waals surface area contributed by atoms with Crippen LogP contribution < -0.4 is 10.2 Å². The van der Waals surface area contributed by atoms with Gasteiger partial charge in [-0.15, -0.1) is 0 Å². The Balaban J connectivity index is 2.17.